The van der Waals surface area contributed by atoms with Crippen LogP contribution in [0.3, 0.4) is 0 Å². The predicted molar refractivity (Wildman–Crippen MR) is 115 cm³/mol. The summed E-state index contributed by atoms with van der Waals surface area (Å²) in [6.07, 6.45) is 6.15. The van der Waals surface area contributed by atoms with Crippen LogP contribution in [0.25, 0.3) is 0 Å². The molecule has 0 aromatic carbocycles. The summed E-state index contributed by atoms with van der Waals surface area (Å²) in [5, 5.41) is 0. The van der Waals surface area contributed by atoms with Crippen LogP contribution < -0.4 is 0 Å². The molecule has 0 unspecified atom stereocenters. The zero-order valence-electron chi connectivity index (χ0n) is 18.5. The van der Waals surface area contributed by atoms with E-state index < -0.39 is 0 Å². The van der Waals surface area contributed by atoms with Crippen molar-refractivity contribution < 1.29 is 9.53 Å². The van der Waals surface area contributed by atoms with Crippen molar-refractivity contribution in [2.24, 2.45) is 13.0 Å². The van der Waals surface area contributed by atoms with Crippen molar-refractivity contribution in [3.05, 3.63) is 24.0 Å². The molecule has 29 heavy (non-hydrogen) atoms. The summed E-state index contributed by atoms with van der Waals surface area (Å²) in [6.45, 7) is 13.1. The smallest absolute Gasteiger partial charge is 0.270 e. The Hall–Kier alpha value is -1.37. The first-order valence-electron chi connectivity index (χ1n) is 11.5. The van der Waals surface area contributed by atoms with Gasteiger partial charge in [0.15, 0.2) is 0 Å². The Morgan fingerprint density at radius 1 is 1.17 bits per heavy atom. The highest BCUT2D eigenvalue weighted by Crippen LogP contribution is 2.37. The van der Waals surface area contributed by atoms with Crippen LogP contribution in [-0.2, 0) is 11.8 Å². The number of nitrogens with zero attached hydrogens (tertiary/aromatic N) is 4. The van der Waals surface area contributed by atoms with Gasteiger partial charge in [-0.2, -0.15) is 0 Å². The Morgan fingerprint density at radius 2 is 1.90 bits per heavy atom. The molecule has 1 aromatic rings. The van der Waals surface area contributed by atoms with Gasteiger partial charge >= 0.3 is 0 Å². The van der Waals surface area contributed by atoms with Gasteiger partial charge in [-0.25, -0.2) is 0 Å². The number of likely N-dealkylation sites (tertiary alicyclic amines) is 1. The molecule has 1 aromatic heterocycles. The van der Waals surface area contributed by atoms with Crippen LogP contribution in [0.1, 0.15) is 50.0 Å². The molecule has 0 radical (unpaired) electrons. The molecular weight excluding hydrogens is 364 g/mol. The molecule has 0 saturated carbocycles. The van der Waals surface area contributed by atoms with Crippen LogP contribution >= 0.6 is 0 Å². The van der Waals surface area contributed by atoms with Gasteiger partial charge in [0.2, 0.25) is 0 Å². The lowest BCUT2D eigenvalue weighted by Crippen LogP contribution is -2.57. The number of aromatic nitrogens is 1. The Balaban J connectivity index is 1.30. The number of aryl methyl sites for hydroxylation is 1. The molecule has 6 nitrogen and oxygen atoms in total. The van der Waals surface area contributed by atoms with Crippen LogP contribution in [0.2, 0.25) is 0 Å². The van der Waals surface area contributed by atoms with Crippen molar-refractivity contribution >= 4 is 5.91 Å². The number of rotatable bonds is 4. The number of hydrogen-bond acceptors (Lipinski definition) is 4. The maximum absolute atomic E-state index is 12.8. The molecule has 4 rings (SSSR count). The fourth-order valence-electron chi connectivity index (χ4n) is 5.45. The molecule has 3 aliphatic heterocycles. The number of amides is 1. The molecule has 3 saturated heterocycles. The Morgan fingerprint density at radius 3 is 2.52 bits per heavy atom. The van der Waals surface area contributed by atoms with Gasteiger partial charge in [0.1, 0.15) is 5.69 Å². The summed E-state index contributed by atoms with van der Waals surface area (Å²) in [4.78, 5) is 20.2. The van der Waals surface area contributed by atoms with E-state index >= 15 is 0 Å². The third kappa shape index (κ3) is 4.70. The van der Waals surface area contributed by atoms with E-state index in [9.17, 15) is 4.79 Å². The summed E-state index contributed by atoms with van der Waals surface area (Å²) in [7, 11) is 1.94. The highest BCUT2D eigenvalue weighted by atomic mass is 16.5. The molecule has 162 valence electrons. The zero-order valence-corrected chi connectivity index (χ0v) is 18.5. The number of ether oxygens (including phenoxy) is 1. The van der Waals surface area contributed by atoms with E-state index in [1.165, 1.54) is 32.7 Å². The summed E-state index contributed by atoms with van der Waals surface area (Å²) in [5.74, 6) is 0.900. The average Bonchev–Trinajstić information content (AvgIpc) is 3.14. The van der Waals surface area contributed by atoms with Gasteiger partial charge in [0.25, 0.3) is 5.91 Å². The molecule has 4 heterocycles. The van der Waals surface area contributed by atoms with Crippen LogP contribution in [0.5, 0.6) is 0 Å². The highest BCUT2D eigenvalue weighted by molar-refractivity contribution is 5.92. The molecule has 6 heteroatoms. The second kappa shape index (κ2) is 8.78. The summed E-state index contributed by atoms with van der Waals surface area (Å²) < 4.78 is 8.28. The minimum absolute atomic E-state index is 0.0248. The Labute approximate surface area is 175 Å². The third-order valence-corrected chi connectivity index (χ3v) is 7.14. The van der Waals surface area contributed by atoms with Gasteiger partial charge < -0.3 is 19.1 Å². The first kappa shape index (κ1) is 20.9. The van der Waals surface area contributed by atoms with Crippen LogP contribution in [0.15, 0.2) is 18.3 Å². The number of carbonyl (C=O) groups is 1. The SMILES string of the molecule is CC(C)CN1CCN([C@@H]2CCOC3(CCN(C(=O)c4cccn4C)CC3)C2)CC1. The monoisotopic (exact) mass is 402 g/mol. The molecule has 0 N–H and O–H groups in total. The molecular formula is C23H38N4O2. The van der Waals surface area contributed by atoms with Crippen molar-refractivity contribution in [1.29, 1.82) is 0 Å². The highest BCUT2D eigenvalue weighted by Gasteiger charge is 2.43. The van der Waals surface area contributed by atoms with E-state index in [1.807, 2.05) is 34.8 Å². The lowest BCUT2D eigenvalue weighted by Gasteiger charge is -2.49. The number of piperidine rings is 1. The van der Waals surface area contributed by atoms with Crippen molar-refractivity contribution in [1.82, 2.24) is 19.3 Å². The molecule has 3 fully saturated rings. The number of hydrogen-bond donors (Lipinski definition) is 0. The molecule has 3 aliphatic rings. The lowest BCUT2D eigenvalue weighted by atomic mass is 9.81. The zero-order chi connectivity index (χ0) is 20.4. The average molecular weight is 403 g/mol. The first-order valence-corrected chi connectivity index (χ1v) is 11.5. The third-order valence-electron chi connectivity index (χ3n) is 7.14. The van der Waals surface area contributed by atoms with Gasteiger partial charge in [-0.1, -0.05) is 13.8 Å². The van der Waals surface area contributed by atoms with Crippen LogP contribution in [0.4, 0.5) is 0 Å². The van der Waals surface area contributed by atoms with E-state index in [2.05, 4.69) is 23.6 Å². The topological polar surface area (TPSA) is 41.0 Å². The quantitative estimate of drug-likeness (QED) is 0.776. The Bertz CT molecular complexity index is 685. The fourth-order valence-corrected chi connectivity index (χ4v) is 5.45. The van der Waals surface area contributed by atoms with E-state index in [4.69, 9.17) is 4.74 Å². The first-order chi connectivity index (χ1) is 14.0. The standard InChI is InChI=1S/C23H38N4O2/c1-19(2)18-25-12-14-26(15-13-25)20-6-16-29-23(17-20)7-10-27(11-8-23)22(28)21-5-4-9-24(21)3/h4-5,9,19-20H,6-8,10-18H2,1-3H3/t20-/m1/s1. The van der Waals surface area contributed by atoms with E-state index in [0.29, 0.717) is 6.04 Å². The fraction of sp³-hybridized carbons (Fsp3) is 0.783. The van der Waals surface area contributed by atoms with Crippen LogP contribution in [-0.4, -0.2) is 89.2 Å². The summed E-state index contributed by atoms with van der Waals surface area (Å²) >= 11 is 0. The van der Waals surface area contributed by atoms with Crippen molar-refractivity contribution in [2.45, 2.75) is 51.2 Å². The minimum Gasteiger partial charge on any atom is -0.375 e. The summed E-state index contributed by atoms with van der Waals surface area (Å²) in [5.41, 5.74) is 0.755. The van der Waals surface area contributed by atoms with E-state index in [1.54, 1.807) is 0 Å². The molecule has 0 aliphatic carbocycles. The molecule has 1 atom stereocenters. The lowest BCUT2D eigenvalue weighted by molar-refractivity contribution is -0.132. The van der Waals surface area contributed by atoms with Gasteiger partial charge in [0, 0.05) is 71.7 Å². The Kier molecular flexibility index (Phi) is 6.32. The van der Waals surface area contributed by atoms with Crippen molar-refractivity contribution in [3.63, 3.8) is 0 Å². The normalized spacial score (nSPS) is 26.3. The maximum Gasteiger partial charge on any atom is 0.270 e. The second-order valence-corrected chi connectivity index (χ2v) is 9.71. The van der Waals surface area contributed by atoms with E-state index in [0.717, 1.165) is 57.0 Å². The van der Waals surface area contributed by atoms with Gasteiger partial charge in [-0.15, -0.1) is 0 Å². The predicted octanol–water partition coefficient (Wildman–Crippen LogP) is 2.45. The van der Waals surface area contributed by atoms with Crippen molar-refractivity contribution in [2.75, 3.05) is 52.4 Å². The van der Waals surface area contributed by atoms with Gasteiger partial charge in [-0.3, -0.25) is 9.69 Å². The van der Waals surface area contributed by atoms with Crippen molar-refractivity contribution in [3.8, 4) is 0 Å². The van der Waals surface area contributed by atoms with Crippen LogP contribution in [0, 0.1) is 5.92 Å². The minimum atomic E-state index is -0.0248. The number of carbonyl (C=O) groups excluding carboxylic acids is 1. The van der Waals surface area contributed by atoms with E-state index in [-0.39, 0.29) is 11.5 Å². The largest absolute Gasteiger partial charge is 0.375 e. The molecule has 1 amide bonds. The molecule has 1 spiro atoms. The molecule has 0 bridgehead atoms. The summed E-state index contributed by atoms with van der Waals surface area (Å²) in [6, 6.07) is 4.49. The second-order valence-electron chi connectivity index (χ2n) is 9.71. The van der Waals surface area contributed by atoms with Gasteiger partial charge in [0.05, 0.1) is 5.60 Å². The maximum atomic E-state index is 12.8. The van der Waals surface area contributed by atoms with Gasteiger partial charge in [-0.05, 0) is 43.7 Å². The number of piperazine rings is 1.